The van der Waals surface area contributed by atoms with Crippen molar-refractivity contribution in [3.63, 3.8) is 0 Å². The average molecular weight is 244 g/mol. The number of carboxylic acids is 1. The fourth-order valence-corrected chi connectivity index (χ4v) is 0.777. The van der Waals surface area contributed by atoms with Crippen LogP contribution in [0.3, 0.4) is 0 Å². The molecule has 0 amide bonds. The van der Waals surface area contributed by atoms with Gasteiger partial charge < -0.3 is 9.84 Å². The maximum absolute atomic E-state index is 10.2. The largest absolute Gasteiger partial charge is 0.473 e. The summed E-state index contributed by atoms with van der Waals surface area (Å²) >= 11 is 0. The van der Waals surface area contributed by atoms with E-state index in [1.807, 2.05) is 20.8 Å². The highest BCUT2D eigenvalue weighted by Gasteiger charge is 2.11. The Balaban J connectivity index is 0. The lowest BCUT2D eigenvalue weighted by Crippen LogP contribution is -2.16. The van der Waals surface area contributed by atoms with Gasteiger partial charge in [0.25, 0.3) is 0 Å². The molecule has 5 heteroatoms. The Labute approximate surface area is 101 Å². The molecule has 0 rings (SSSR count). The first-order valence-corrected chi connectivity index (χ1v) is 5.36. The first kappa shape index (κ1) is 17.7. The number of allylic oxidation sites excluding steroid dienone is 2. The highest BCUT2D eigenvalue weighted by molar-refractivity contribution is 6.28. The molecule has 0 aromatic rings. The summed E-state index contributed by atoms with van der Waals surface area (Å²) in [5.41, 5.74) is 1.06. The number of carbonyl (C=O) groups excluding carboxylic acids is 2. The number of rotatable bonds is 4. The van der Waals surface area contributed by atoms with E-state index in [9.17, 15) is 14.4 Å². The summed E-state index contributed by atoms with van der Waals surface area (Å²) in [5.74, 6) is -2.58. The van der Waals surface area contributed by atoms with Crippen LogP contribution in [0.1, 0.15) is 40.5 Å². The number of unbranched alkanes of at least 4 members (excludes halogenated alkanes) is 1. The van der Waals surface area contributed by atoms with E-state index in [2.05, 4.69) is 4.74 Å². The third kappa shape index (κ3) is 17.0. The summed E-state index contributed by atoms with van der Waals surface area (Å²) in [5, 5.41) is 8.01. The Bertz CT molecular complexity index is 287. The SMILES string of the molecule is CC(=O)C=C(C)C.CCCCOC(=O)C(=O)O. The second kappa shape index (κ2) is 10.9. The fourth-order valence-electron chi connectivity index (χ4n) is 0.777. The molecule has 5 nitrogen and oxygen atoms in total. The minimum Gasteiger partial charge on any atom is -0.473 e. The Morgan fingerprint density at radius 3 is 1.94 bits per heavy atom. The predicted molar refractivity (Wildman–Crippen MR) is 63.6 cm³/mol. The van der Waals surface area contributed by atoms with Gasteiger partial charge in [0.1, 0.15) is 0 Å². The van der Waals surface area contributed by atoms with Crippen molar-refractivity contribution >= 4 is 17.7 Å². The molecule has 0 atom stereocenters. The van der Waals surface area contributed by atoms with E-state index in [4.69, 9.17) is 5.11 Å². The van der Waals surface area contributed by atoms with Crippen LogP contribution in [0, 0.1) is 0 Å². The minimum absolute atomic E-state index is 0.125. The van der Waals surface area contributed by atoms with Crippen LogP contribution >= 0.6 is 0 Å². The fraction of sp³-hybridized carbons (Fsp3) is 0.583. The van der Waals surface area contributed by atoms with Gasteiger partial charge in [0, 0.05) is 0 Å². The van der Waals surface area contributed by atoms with Crippen LogP contribution in [-0.4, -0.2) is 29.4 Å². The number of carboxylic acid groups (broad SMARTS) is 1. The zero-order chi connectivity index (χ0) is 13.8. The van der Waals surface area contributed by atoms with Crippen LogP contribution < -0.4 is 0 Å². The van der Waals surface area contributed by atoms with Gasteiger partial charge in [-0.15, -0.1) is 0 Å². The first-order chi connectivity index (χ1) is 7.81. The summed E-state index contributed by atoms with van der Waals surface area (Å²) in [6.45, 7) is 7.48. The smallest absolute Gasteiger partial charge is 0.417 e. The molecule has 17 heavy (non-hydrogen) atoms. The maximum Gasteiger partial charge on any atom is 0.417 e. The van der Waals surface area contributed by atoms with Gasteiger partial charge in [0.05, 0.1) is 6.61 Å². The lowest BCUT2D eigenvalue weighted by Gasteiger charge is -1.97. The van der Waals surface area contributed by atoms with Crippen LogP contribution in [0.15, 0.2) is 11.6 Å². The Morgan fingerprint density at radius 1 is 1.18 bits per heavy atom. The monoisotopic (exact) mass is 244 g/mol. The highest BCUT2D eigenvalue weighted by atomic mass is 16.6. The maximum atomic E-state index is 10.2. The summed E-state index contributed by atoms with van der Waals surface area (Å²) in [6, 6.07) is 0. The van der Waals surface area contributed by atoms with Crippen molar-refractivity contribution in [2.24, 2.45) is 0 Å². The van der Waals surface area contributed by atoms with E-state index < -0.39 is 11.9 Å². The van der Waals surface area contributed by atoms with Crippen LogP contribution in [-0.2, 0) is 19.1 Å². The molecule has 0 aliphatic carbocycles. The molecule has 0 spiro atoms. The molecule has 0 aliphatic rings. The van der Waals surface area contributed by atoms with Crippen LogP contribution in [0.2, 0.25) is 0 Å². The van der Waals surface area contributed by atoms with Gasteiger partial charge in [-0.2, -0.15) is 0 Å². The molecule has 0 saturated heterocycles. The van der Waals surface area contributed by atoms with E-state index in [0.29, 0.717) is 6.42 Å². The molecule has 98 valence electrons. The number of esters is 1. The quantitative estimate of drug-likeness (QED) is 0.354. The van der Waals surface area contributed by atoms with Crippen molar-refractivity contribution in [1.82, 2.24) is 0 Å². The van der Waals surface area contributed by atoms with Crippen LogP contribution in [0.5, 0.6) is 0 Å². The first-order valence-electron chi connectivity index (χ1n) is 5.36. The number of carbonyl (C=O) groups is 3. The Hall–Kier alpha value is -1.65. The molecule has 0 heterocycles. The summed E-state index contributed by atoms with van der Waals surface area (Å²) < 4.78 is 4.31. The van der Waals surface area contributed by atoms with Gasteiger partial charge in [0.2, 0.25) is 0 Å². The molecule has 0 aromatic carbocycles. The van der Waals surface area contributed by atoms with Crippen LogP contribution in [0.4, 0.5) is 0 Å². The van der Waals surface area contributed by atoms with Crippen molar-refractivity contribution < 1.29 is 24.2 Å². The number of hydrogen-bond acceptors (Lipinski definition) is 4. The van der Waals surface area contributed by atoms with Crippen molar-refractivity contribution in [2.45, 2.75) is 40.5 Å². The molecule has 0 saturated carbocycles. The molecule has 0 radical (unpaired) electrons. The minimum atomic E-state index is -1.53. The molecular weight excluding hydrogens is 224 g/mol. The number of ketones is 1. The highest BCUT2D eigenvalue weighted by Crippen LogP contribution is 1.88. The van der Waals surface area contributed by atoms with Crippen molar-refractivity contribution in [2.75, 3.05) is 6.61 Å². The molecule has 0 fully saturated rings. The normalized spacial score (nSPS) is 8.47. The summed E-state index contributed by atoms with van der Waals surface area (Å²) in [6.07, 6.45) is 3.20. The predicted octanol–water partition coefficient (Wildman–Crippen LogP) is 1.96. The third-order valence-corrected chi connectivity index (χ3v) is 1.40. The molecule has 0 aliphatic heterocycles. The molecule has 1 N–H and O–H groups in total. The van der Waals surface area contributed by atoms with E-state index in [1.54, 1.807) is 13.0 Å². The van der Waals surface area contributed by atoms with Gasteiger partial charge in [0.15, 0.2) is 5.78 Å². The van der Waals surface area contributed by atoms with E-state index in [0.717, 1.165) is 12.0 Å². The third-order valence-electron chi connectivity index (χ3n) is 1.40. The van der Waals surface area contributed by atoms with Crippen LogP contribution in [0.25, 0.3) is 0 Å². The zero-order valence-electron chi connectivity index (χ0n) is 10.8. The summed E-state index contributed by atoms with van der Waals surface area (Å²) in [7, 11) is 0. The van der Waals surface area contributed by atoms with E-state index in [1.165, 1.54) is 0 Å². The second-order valence-electron chi connectivity index (χ2n) is 3.63. The number of aliphatic carboxylic acids is 1. The van der Waals surface area contributed by atoms with Gasteiger partial charge in [-0.3, -0.25) is 4.79 Å². The average Bonchev–Trinajstić information content (AvgIpc) is 2.16. The molecular formula is C12H20O5. The topological polar surface area (TPSA) is 80.7 Å². The van der Waals surface area contributed by atoms with E-state index >= 15 is 0 Å². The zero-order valence-corrected chi connectivity index (χ0v) is 10.8. The van der Waals surface area contributed by atoms with Gasteiger partial charge >= 0.3 is 11.9 Å². The number of hydrogen-bond donors (Lipinski definition) is 1. The van der Waals surface area contributed by atoms with Gasteiger partial charge in [-0.05, 0) is 33.3 Å². The van der Waals surface area contributed by atoms with Crippen molar-refractivity contribution in [3.05, 3.63) is 11.6 Å². The van der Waals surface area contributed by atoms with Crippen molar-refractivity contribution in [1.29, 1.82) is 0 Å². The lowest BCUT2D eigenvalue weighted by atomic mass is 10.3. The molecule has 0 bridgehead atoms. The lowest BCUT2D eigenvalue weighted by molar-refractivity contribution is -0.163. The van der Waals surface area contributed by atoms with Crippen molar-refractivity contribution in [3.8, 4) is 0 Å². The summed E-state index contributed by atoms with van der Waals surface area (Å²) in [4.78, 5) is 30.2. The Morgan fingerprint density at radius 2 is 1.71 bits per heavy atom. The Kier molecular flexibility index (Phi) is 11.3. The molecule has 0 aromatic heterocycles. The second-order valence-corrected chi connectivity index (χ2v) is 3.63. The standard InChI is InChI=1S/C6H10O4.C6H10O/c1-2-3-4-10-6(9)5(7)8;1-5(2)4-6(3)7/h2-4H2,1H3,(H,7,8);4H,1-3H3. The molecule has 0 unspecified atom stereocenters. The van der Waals surface area contributed by atoms with Gasteiger partial charge in [-0.1, -0.05) is 18.9 Å². The van der Waals surface area contributed by atoms with E-state index in [-0.39, 0.29) is 12.4 Å². The number of ether oxygens (including phenoxy) is 1. The van der Waals surface area contributed by atoms with Gasteiger partial charge in [-0.25, -0.2) is 9.59 Å².